The van der Waals surface area contributed by atoms with E-state index in [4.69, 9.17) is 9.47 Å². The molecule has 1 aromatic carbocycles. The fourth-order valence-corrected chi connectivity index (χ4v) is 2.98. The minimum absolute atomic E-state index is 0.0893. The van der Waals surface area contributed by atoms with Crippen LogP contribution in [0.5, 0.6) is 11.5 Å². The van der Waals surface area contributed by atoms with Crippen LogP contribution in [-0.2, 0) is 11.8 Å². The van der Waals surface area contributed by atoms with Crippen molar-refractivity contribution in [3.05, 3.63) is 16.9 Å². The Morgan fingerprint density at radius 2 is 1.95 bits per heavy atom. The van der Waals surface area contributed by atoms with Crippen LogP contribution in [0.15, 0.2) is 17.1 Å². The molecule has 1 amide bonds. The molecule has 0 bridgehead atoms. The molecule has 20 heavy (non-hydrogen) atoms. The SMILES string of the molecule is CCCC(=O)N=c1sc2cc(OC)c(OC)cc2n1C. The average molecular weight is 294 g/mol. The molecule has 1 heterocycles. The fourth-order valence-electron chi connectivity index (χ4n) is 1.94. The number of fused-ring (bicyclic) bond motifs is 1. The Balaban J connectivity index is 2.60. The van der Waals surface area contributed by atoms with Crippen molar-refractivity contribution in [1.29, 1.82) is 0 Å². The number of carbonyl (C=O) groups is 1. The Labute approximate surface area is 121 Å². The van der Waals surface area contributed by atoms with Crippen LogP contribution in [-0.4, -0.2) is 24.7 Å². The molecule has 0 aliphatic rings. The number of nitrogens with zero attached hydrogens (tertiary/aromatic N) is 2. The van der Waals surface area contributed by atoms with Gasteiger partial charge in [0, 0.05) is 25.6 Å². The molecule has 0 aliphatic heterocycles. The smallest absolute Gasteiger partial charge is 0.248 e. The minimum atomic E-state index is -0.0893. The maximum atomic E-state index is 11.7. The van der Waals surface area contributed by atoms with Crippen LogP contribution in [0.3, 0.4) is 0 Å². The van der Waals surface area contributed by atoms with E-state index < -0.39 is 0 Å². The summed E-state index contributed by atoms with van der Waals surface area (Å²) in [6, 6.07) is 3.80. The van der Waals surface area contributed by atoms with Crippen molar-refractivity contribution in [3.8, 4) is 11.5 Å². The Morgan fingerprint density at radius 3 is 2.55 bits per heavy atom. The third-order valence-electron chi connectivity index (χ3n) is 3.00. The van der Waals surface area contributed by atoms with Crippen LogP contribution in [0.25, 0.3) is 10.2 Å². The fraction of sp³-hybridized carbons (Fsp3) is 0.429. The highest BCUT2D eigenvalue weighted by Gasteiger charge is 2.11. The second-order valence-electron chi connectivity index (χ2n) is 4.37. The molecule has 0 unspecified atom stereocenters. The van der Waals surface area contributed by atoms with Gasteiger partial charge in [-0.25, -0.2) is 0 Å². The molecule has 5 nitrogen and oxygen atoms in total. The second kappa shape index (κ2) is 6.09. The number of aromatic nitrogens is 1. The first-order valence-corrected chi connectivity index (χ1v) is 7.21. The number of carbonyl (C=O) groups excluding carboxylic acids is 1. The lowest BCUT2D eigenvalue weighted by Crippen LogP contribution is -2.12. The van der Waals surface area contributed by atoms with E-state index in [-0.39, 0.29) is 5.91 Å². The summed E-state index contributed by atoms with van der Waals surface area (Å²) in [6.07, 6.45) is 1.28. The van der Waals surface area contributed by atoms with Crippen LogP contribution < -0.4 is 14.3 Å². The Bertz CT molecular complexity index is 700. The van der Waals surface area contributed by atoms with E-state index in [0.29, 0.717) is 22.7 Å². The molecule has 2 rings (SSSR count). The quantitative estimate of drug-likeness (QED) is 0.870. The van der Waals surface area contributed by atoms with E-state index in [1.807, 2.05) is 30.7 Å². The summed E-state index contributed by atoms with van der Waals surface area (Å²) in [6.45, 7) is 1.97. The topological polar surface area (TPSA) is 52.8 Å². The average Bonchev–Trinajstić information content (AvgIpc) is 2.73. The van der Waals surface area contributed by atoms with Gasteiger partial charge in [0.2, 0.25) is 5.91 Å². The summed E-state index contributed by atoms with van der Waals surface area (Å²) in [4.78, 5) is 16.5. The van der Waals surface area contributed by atoms with Gasteiger partial charge in [-0.2, -0.15) is 4.99 Å². The van der Waals surface area contributed by atoms with E-state index in [2.05, 4.69) is 4.99 Å². The largest absolute Gasteiger partial charge is 0.493 e. The lowest BCUT2D eigenvalue weighted by atomic mass is 10.3. The third-order valence-corrected chi connectivity index (χ3v) is 4.09. The first kappa shape index (κ1) is 14.6. The Morgan fingerprint density at radius 1 is 1.30 bits per heavy atom. The summed E-state index contributed by atoms with van der Waals surface area (Å²) < 4.78 is 13.5. The van der Waals surface area contributed by atoms with Crippen LogP contribution >= 0.6 is 11.3 Å². The molecule has 0 spiro atoms. The van der Waals surface area contributed by atoms with Crippen molar-refractivity contribution in [2.75, 3.05) is 14.2 Å². The van der Waals surface area contributed by atoms with E-state index in [9.17, 15) is 4.79 Å². The van der Waals surface area contributed by atoms with Gasteiger partial charge in [0.25, 0.3) is 0 Å². The van der Waals surface area contributed by atoms with Crippen LogP contribution in [0.2, 0.25) is 0 Å². The van der Waals surface area contributed by atoms with E-state index in [1.54, 1.807) is 14.2 Å². The number of hydrogen-bond donors (Lipinski definition) is 0. The maximum Gasteiger partial charge on any atom is 0.248 e. The van der Waals surface area contributed by atoms with Crippen molar-refractivity contribution in [2.45, 2.75) is 19.8 Å². The van der Waals surface area contributed by atoms with E-state index >= 15 is 0 Å². The normalized spacial score (nSPS) is 11.9. The summed E-state index contributed by atoms with van der Waals surface area (Å²) in [5.74, 6) is 1.25. The van der Waals surface area contributed by atoms with Crippen molar-refractivity contribution < 1.29 is 14.3 Å². The molecular formula is C14H18N2O3S. The standard InChI is InChI=1S/C14H18N2O3S/c1-5-6-13(17)15-14-16(2)9-7-10(18-3)11(19-4)8-12(9)20-14/h7-8H,5-6H2,1-4H3. The molecule has 0 saturated heterocycles. The van der Waals surface area contributed by atoms with Gasteiger partial charge in [-0.1, -0.05) is 18.3 Å². The molecule has 2 aromatic rings. The molecule has 0 atom stereocenters. The van der Waals surface area contributed by atoms with Crippen LogP contribution in [0, 0.1) is 0 Å². The highest BCUT2D eigenvalue weighted by Crippen LogP contribution is 2.32. The molecule has 0 N–H and O–H groups in total. The summed E-state index contributed by atoms with van der Waals surface area (Å²) in [5.41, 5.74) is 0.968. The highest BCUT2D eigenvalue weighted by atomic mass is 32.1. The minimum Gasteiger partial charge on any atom is -0.493 e. The number of rotatable bonds is 4. The highest BCUT2D eigenvalue weighted by molar-refractivity contribution is 7.16. The molecule has 108 valence electrons. The van der Waals surface area contributed by atoms with Gasteiger partial charge in [-0.05, 0) is 6.42 Å². The molecule has 0 fully saturated rings. The lowest BCUT2D eigenvalue weighted by molar-refractivity contribution is -0.118. The zero-order valence-corrected chi connectivity index (χ0v) is 12.9. The summed E-state index contributed by atoms with van der Waals surface area (Å²) in [7, 11) is 5.10. The zero-order chi connectivity index (χ0) is 14.7. The van der Waals surface area contributed by atoms with Crippen molar-refractivity contribution >= 4 is 27.5 Å². The number of thiazole rings is 1. The number of amides is 1. The number of hydrogen-bond acceptors (Lipinski definition) is 4. The molecule has 6 heteroatoms. The maximum absolute atomic E-state index is 11.7. The lowest BCUT2D eigenvalue weighted by Gasteiger charge is -2.07. The monoisotopic (exact) mass is 294 g/mol. The first-order valence-electron chi connectivity index (χ1n) is 6.39. The van der Waals surface area contributed by atoms with E-state index in [0.717, 1.165) is 16.6 Å². The molecular weight excluding hydrogens is 276 g/mol. The molecule has 0 saturated carbocycles. The summed E-state index contributed by atoms with van der Waals surface area (Å²) in [5, 5.41) is 0. The van der Waals surface area contributed by atoms with Crippen molar-refractivity contribution in [3.63, 3.8) is 0 Å². The molecule has 1 aromatic heterocycles. The van der Waals surface area contributed by atoms with Gasteiger partial charge in [-0.15, -0.1) is 0 Å². The molecule has 0 aliphatic carbocycles. The van der Waals surface area contributed by atoms with Gasteiger partial charge in [0.05, 0.1) is 24.4 Å². The number of aryl methyl sites for hydroxylation is 1. The predicted molar refractivity (Wildman–Crippen MR) is 79.4 cm³/mol. The van der Waals surface area contributed by atoms with Crippen LogP contribution in [0.1, 0.15) is 19.8 Å². The number of methoxy groups -OCH3 is 2. The van der Waals surface area contributed by atoms with Crippen LogP contribution in [0.4, 0.5) is 0 Å². The van der Waals surface area contributed by atoms with Gasteiger partial charge in [0.1, 0.15) is 0 Å². The molecule has 0 radical (unpaired) electrons. The van der Waals surface area contributed by atoms with E-state index in [1.165, 1.54) is 11.3 Å². The van der Waals surface area contributed by atoms with Gasteiger partial charge >= 0.3 is 0 Å². The van der Waals surface area contributed by atoms with Gasteiger partial charge < -0.3 is 14.0 Å². The number of ether oxygens (including phenoxy) is 2. The third kappa shape index (κ3) is 2.70. The van der Waals surface area contributed by atoms with Crippen molar-refractivity contribution in [2.24, 2.45) is 12.0 Å². The van der Waals surface area contributed by atoms with Crippen molar-refractivity contribution in [1.82, 2.24) is 4.57 Å². The predicted octanol–water partition coefficient (Wildman–Crippen LogP) is 2.48. The first-order chi connectivity index (χ1) is 9.60. The Kier molecular flexibility index (Phi) is 4.44. The Hall–Kier alpha value is -1.82. The summed E-state index contributed by atoms with van der Waals surface area (Å²) >= 11 is 1.47. The number of benzene rings is 1. The second-order valence-corrected chi connectivity index (χ2v) is 5.38. The van der Waals surface area contributed by atoms with Gasteiger partial charge in [-0.3, -0.25) is 4.79 Å². The zero-order valence-electron chi connectivity index (χ0n) is 12.1. The van der Waals surface area contributed by atoms with Gasteiger partial charge in [0.15, 0.2) is 16.3 Å².